The van der Waals surface area contributed by atoms with Crippen molar-refractivity contribution in [1.29, 1.82) is 0 Å². The summed E-state index contributed by atoms with van der Waals surface area (Å²) in [5.74, 6) is -0.374. The number of nitrogens with one attached hydrogen (secondary N) is 1. The smallest absolute Gasteiger partial charge is 0.270 e. The zero-order valence-electron chi connectivity index (χ0n) is 16.0. The molecule has 3 heterocycles. The molecule has 0 spiro atoms. The van der Waals surface area contributed by atoms with Gasteiger partial charge in [0.2, 0.25) is 0 Å². The fraction of sp³-hybridized carbons (Fsp3) is 0.250. The van der Waals surface area contributed by atoms with Gasteiger partial charge in [0.15, 0.2) is 0 Å². The molecule has 1 aliphatic heterocycles. The van der Waals surface area contributed by atoms with E-state index in [2.05, 4.69) is 15.3 Å². The predicted octanol–water partition coefficient (Wildman–Crippen LogP) is 2.88. The first-order valence-electron chi connectivity index (χ1n) is 9.36. The third-order valence-electron chi connectivity index (χ3n) is 4.72. The molecular formula is C20H19N5O4S. The Bertz CT molecular complexity index is 1050. The molecule has 0 atom stereocenters. The first-order chi connectivity index (χ1) is 14.6. The Morgan fingerprint density at radius 3 is 2.73 bits per heavy atom. The minimum Gasteiger partial charge on any atom is -0.378 e. The van der Waals surface area contributed by atoms with Crippen LogP contribution < -0.4 is 10.2 Å². The number of non-ortho nitro benzene ring substituents is 1. The molecule has 1 fully saturated rings. The quantitative estimate of drug-likeness (QED) is 0.477. The number of hydrogen-bond acceptors (Lipinski definition) is 8. The highest BCUT2D eigenvalue weighted by Crippen LogP contribution is 2.27. The topological polar surface area (TPSA) is 110 Å². The number of carbonyl (C=O) groups is 1. The molecule has 0 saturated carbocycles. The molecular weight excluding hydrogens is 406 g/mol. The molecule has 1 aliphatic rings. The zero-order valence-corrected chi connectivity index (χ0v) is 16.8. The lowest BCUT2D eigenvalue weighted by atomic mass is 10.1. The Morgan fingerprint density at radius 2 is 2.00 bits per heavy atom. The molecule has 4 rings (SSSR count). The van der Waals surface area contributed by atoms with E-state index in [1.54, 1.807) is 18.5 Å². The molecule has 1 N–H and O–H groups in total. The van der Waals surface area contributed by atoms with Gasteiger partial charge in [-0.1, -0.05) is 0 Å². The van der Waals surface area contributed by atoms with Gasteiger partial charge in [-0.05, 0) is 18.2 Å². The number of ether oxygens (including phenoxy) is 1. The van der Waals surface area contributed by atoms with Crippen molar-refractivity contribution in [1.82, 2.24) is 15.3 Å². The van der Waals surface area contributed by atoms with Crippen LogP contribution in [-0.4, -0.2) is 47.1 Å². The third kappa shape index (κ3) is 4.44. The van der Waals surface area contributed by atoms with Gasteiger partial charge in [-0.3, -0.25) is 19.9 Å². The van der Waals surface area contributed by atoms with Crippen LogP contribution in [0.5, 0.6) is 0 Å². The number of nitro groups is 1. The maximum atomic E-state index is 12.9. The molecule has 1 saturated heterocycles. The number of hydrogen-bond donors (Lipinski definition) is 1. The molecule has 3 aromatic rings. The van der Waals surface area contributed by atoms with Crippen molar-refractivity contribution in [2.75, 3.05) is 31.2 Å². The normalized spacial score (nSPS) is 13.8. The Kier molecular flexibility index (Phi) is 5.96. The molecule has 0 radical (unpaired) electrons. The van der Waals surface area contributed by atoms with Crippen molar-refractivity contribution in [3.05, 3.63) is 68.8 Å². The van der Waals surface area contributed by atoms with Crippen LogP contribution in [0, 0.1) is 10.1 Å². The summed E-state index contributed by atoms with van der Waals surface area (Å²) in [6, 6.07) is 8.11. The summed E-state index contributed by atoms with van der Waals surface area (Å²) in [4.78, 5) is 34.2. The summed E-state index contributed by atoms with van der Waals surface area (Å²) in [7, 11) is 0. The minimum atomic E-state index is -0.498. The standard InChI is InChI=1S/C20H19N5O4S/c26-20(22-12-19-23-17(13-30-19)14-3-5-21-6-4-14)16-11-15(25(27)28)1-2-18(16)24-7-9-29-10-8-24/h1-6,11,13H,7-10,12H2,(H,22,26). The maximum absolute atomic E-state index is 12.9. The van der Waals surface area contributed by atoms with Crippen molar-refractivity contribution in [3.8, 4) is 11.3 Å². The maximum Gasteiger partial charge on any atom is 0.270 e. The van der Waals surface area contributed by atoms with Crippen molar-refractivity contribution in [3.63, 3.8) is 0 Å². The zero-order chi connectivity index (χ0) is 20.9. The third-order valence-corrected chi connectivity index (χ3v) is 5.56. The second-order valence-corrected chi connectivity index (χ2v) is 7.55. The van der Waals surface area contributed by atoms with Crippen LogP contribution in [0.15, 0.2) is 48.1 Å². The average molecular weight is 425 g/mol. The Labute approximate surface area is 176 Å². The molecule has 154 valence electrons. The number of thiazole rings is 1. The van der Waals surface area contributed by atoms with Gasteiger partial charge in [0.05, 0.1) is 41.6 Å². The number of morpholine rings is 1. The molecule has 1 amide bonds. The summed E-state index contributed by atoms with van der Waals surface area (Å²) in [6.45, 7) is 2.59. The number of rotatable bonds is 6. The van der Waals surface area contributed by atoms with Crippen LogP contribution in [0.25, 0.3) is 11.3 Å². The second kappa shape index (κ2) is 8.97. The fourth-order valence-corrected chi connectivity index (χ4v) is 3.94. The Morgan fingerprint density at radius 1 is 1.23 bits per heavy atom. The highest BCUT2D eigenvalue weighted by Gasteiger charge is 2.22. The first kappa shape index (κ1) is 19.9. The molecule has 1 aromatic carbocycles. The Balaban J connectivity index is 1.51. The van der Waals surface area contributed by atoms with E-state index >= 15 is 0 Å². The lowest BCUT2D eigenvalue weighted by Crippen LogP contribution is -2.38. The van der Waals surface area contributed by atoms with Crippen LogP contribution in [0.3, 0.4) is 0 Å². The van der Waals surface area contributed by atoms with Crippen molar-refractivity contribution < 1.29 is 14.5 Å². The van der Waals surface area contributed by atoms with E-state index in [-0.39, 0.29) is 23.7 Å². The summed E-state index contributed by atoms with van der Waals surface area (Å²) in [5, 5.41) is 16.7. The molecule has 9 nitrogen and oxygen atoms in total. The van der Waals surface area contributed by atoms with Gasteiger partial charge >= 0.3 is 0 Å². The number of nitrogens with zero attached hydrogens (tertiary/aromatic N) is 4. The van der Waals surface area contributed by atoms with Gasteiger partial charge in [0.1, 0.15) is 5.01 Å². The van der Waals surface area contributed by atoms with Gasteiger partial charge in [0.25, 0.3) is 11.6 Å². The second-order valence-electron chi connectivity index (χ2n) is 6.60. The fourth-order valence-electron chi connectivity index (χ4n) is 3.20. The average Bonchev–Trinajstić information content (AvgIpc) is 3.27. The number of aromatic nitrogens is 2. The highest BCUT2D eigenvalue weighted by atomic mass is 32.1. The summed E-state index contributed by atoms with van der Waals surface area (Å²) in [5.41, 5.74) is 2.59. The monoisotopic (exact) mass is 425 g/mol. The highest BCUT2D eigenvalue weighted by molar-refractivity contribution is 7.09. The summed E-state index contributed by atoms with van der Waals surface area (Å²) >= 11 is 1.44. The van der Waals surface area contributed by atoms with E-state index in [0.717, 1.165) is 16.3 Å². The SMILES string of the molecule is O=C(NCc1nc(-c2ccncc2)cs1)c1cc([N+](=O)[O-])ccc1N1CCOCC1. The summed E-state index contributed by atoms with van der Waals surface area (Å²) in [6.07, 6.45) is 3.40. The van der Waals surface area contributed by atoms with E-state index < -0.39 is 4.92 Å². The van der Waals surface area contributed by atoms with Crippen LogP contribution in [0.4, 0.5) is 11.4 Å². The van der Waals surface area contributed by atoms with Gasteiger partial charge in [0, 0.05) is 48.6 Å². The van der Waals surface area contributed by atoms with E-state index in [0.29, 0.717) is 32.0 Å². The van der Waals surface area contributed by atoms with Crippen LogP contribution in [-0.2, 0) is 11.3 Å². The number of nitro benzene ring substituents is 1. The Hall–Kier alpha value is -3.37. The van der Waals surface area contributed by atoms with E-state index in [9.17, 15) is 14.9 Å². The van der Waals surface area contributed by atoms with Crippen molar-refractivity contribution in [2.45, 2.75) is 6.54 Å². The number of carbonyl (C=O) groups excluding carboxylic acids is 1. The number of amides is 1. The van der Waals surface area contributed by atoms with Gasteiger partial charge < -0.3 is 15.0 Å². The molecule has 2 aromatic heterocycles. The largest absolute Gasteiger partial charge is 0.378 e. The van der Waals surface area contributed by atoms with Gasteiger partial charge in [-0.15, -0.1) is 11.3 Å². The van der Waals surface area contributed by atoms with E-state index in [1.807, 2.05) is 22.4 Å². The van der Waals surface area contributed by atoms with Crippen molar-refractivity contribution >= 4 is 28.6 Å². The number of pyridine rings is 1. The molecule has 30 heavy (non-hydrogen) atoms. The lowest BCUT2D eigenvalue weighted by Gasteiger charge is -2.30. The molecule has 0 unspecified atom stereocenters. The number of benzene rings is 1. The molecule has 0 bridgehead atoms. The van der Waals surface area contributed by atoms with Crippen LogP contribution in [0.2, 0.25) is 0 Å². The van der Waals surface area contributed by atoms with Gasteiger partial charge in [-0.25, -0.2) is 4.98 Å². The first-order valence-corrected chi connectivity index (χ1v) is 10.2. The van der Waals surface area contributed by atoms with Crippen LogP contribution >= 0.6 is 11.3 Å². The molecule has 10 heteroatoms. The van der Waals surface area contributed by atoms with E-state index in [4.69, 9.17) is 4.74 Å². The number of anilines is 1. The lowest BCUT2D eigenvalue weighted by molar-refractivity contribution is -0.384. The van der Waals surface area contributed by atoms with Crippen LogP contribution in [0.1, 0.15) is 15.4 Å². The van der Waals surface area contributed by atoms with Crippen molar-refractivity contribution in [2.24, 2.45) is 0 Å². The minimum absolute atomic E-state index is 0.119. The predicted molar refractivity (Wildman–Crippen MR) is 113 cm³/mol. The van der Waals surface area contributed by atoms with Gasteiger partial charge in [-0.2, -0.15) is 0 Å². The van der Waals surface area contributed by atoms with E-state index in [1.165, 1.54) is 23.5 Å². The summed E-state index contributed by atoms with van der Waals surface area (Å²) < 4.78 is 5.37. The molecule has 0 aliphatic carbocycles.